The maximum Gasteiger partial charge on any atom is 0.252 e. The van der Waals surface area contributed by atoms with Crippen molar-refractivity contribution in [3.8, 4) is 0 Å². The van der Waals surface area contributed by atoms with E-state index in [0.717, 1.165) is 0 Å². The van der Waals surface area contributed by atoms with Gasteiger partial charge in [-0.1, -0.05) is 6.07 Å². The van der Waals surface area contributed by atoms with Crippen LogP contribution in [0.25, 0.3) is 0 Å². The van der Waals surface area contributed by atoms with Crippen molar-refractivity contribution in [1.82, 2.24) is 9.29 Å². The summed E-state index contributed by atoms with van der Waals surface area (Å²) in [6, 6.07) is 6.16. The van der Waals surface area contributed by atoms with Gasteiger partial charge in [0.25, 0.3) is 10.0 Å². The van der Waals surface area contributed by atoms with Gasteiger partial charge in [0.05, 0.1) is 18.2 Å². The SMILES string of the molecule is O=S(=O)(c1cccs1)N1CC[C@]2(C[C@H](Nc3ncccc3F)CO2)C1. The second-order valence-corrected chi connectivity index (χ2v) is 9.51. The predicted molar refractivity (Wildman–Crippen MR) is 92.6 cm³/mol. The Hall–Kier alpha value is -1.55. The first kappa shape index (κ1) is 16.9. The van der Waals surface area contributed by atoms with Crippen LogP contribution in [0.2, 0.25) is 0 Å². The van der Waals surface area contributed by atoms with Gasteiger partial charge in [-0.25, -0.2) is 17.8 Å². The zero-order valence-electron chi connectivity index (χ0n) is 13.4. The minimum Gasteiger partial charge on any atom is -0.371 e. The highest BCUT2D eigenvalue weighted by atomic mass is 32.2. The number of thiophene rings is 1. The molecular formula is C16H18FN3O3S2. The largest absolute Gasteiger partial charge is 0.371 e. The van der Waals surface area contributed by atoms with Crippen LogP contribution < -0.4 is 5.32 Å². The van der Waals surface area contributed by atoms with Gasteiger partial charge in [-0.15, -0.1) is 11.3 Å². The number of halogens is 1. The number of ether oxygens (including phenoxy) is 1. The first-order valence-electron chi connectivity index (χ1n) is 8.03. The fourth-order valence-corrected chi connectivity index (χ4v) is 6.12. The van der Waals surface area contributed by atoms with E-state index in [1.807, 2.05) is 0 Å². The fourth-order valence-electron chi connectivity index (χ4n) is 3.46. The maximum atomic E-state index is 13.7. The van der Waals surface area contributed by atoms with Crippen LogP contribution in [0.5, 0.6) is 0 Å². The highest BCUT2D eigenvalue weighted by molar-refractivity contribution is 7.91. The maximum absolute atomic E-state index is 13.7. The molecule has 2 aromatic rings. The molecule has 1 spiro atoms. The van der Waals surface area contributed by atoms with Crippen LogP contribution in [0, 0.1) is 5.82 Å². The smallest absolute Gasteiger partial charge is 0.252 e. The lowest BCUT2D eigenvalue weighted by atomic mass is 9.97. The second kappa shape index (κ2) is 6.31. The summed E-state index contributed by atoms with van der Waals surface area (Å²) in [6.45, 7) is 1.17. The van der Waals surface area contributed by atoms with E-state index in [1.165, 1.54) is 34.0 Å². The molecule has 0 bridgehead atoms. The van der Waals surface area contributed by atoms with Crippen LogP contribution in [-0.4, -0.2) is 49.0 Å². The van der Waals surface area contributed by atoms with E-state index in [1.54, 1.807) is 17.5 Å². The molecule has 2 aliphatic heterocycles. The molecule has 0 amide bonds. The number of rotatable bonds is 4. The van der Waals surface area contributed by atoms with Gasteiger partial charge in [-0.3, -0.25) is 0 Å². The average molecular weight is 383 g/mol. The van der Waals surface area contributed by atoms with Crippen LogP contribution >= 0.6 is 11.3 Å². The first-order valence-corrected chi connectivity index (χ1v) is 10.4. The number of anilines is 1. The van der Waals surface area contributed by atoms with Crippen LogP contribution in [0.3, 0.4) is 0 Å². The molecule has 0 unspecified atom stereocenters. The third-order valence-electron chi connectivity index (χ3n) is 4.68. The van der Waals surface area contributed by atoms with Crippen LogP contribution in [0.4, 0.5) is 10.2 Å². The molecule has 2 fully saturated rings. The Morgan fingerprint density at radius 2 is 2.28 bits per heavy atom. The first-order chi connectivity index (χ1) is 12.0. The van der Waals surface area contributed by atoms with Crippen molar-refractivity contribution in [3.63, 3.8) is 0 Å². The van der Waals surface area contributed by atoms with E-state index in [0.29, 0.717) is 36.7 Å². The molecule has 134 valence electrons. The van der Waals surface area contributed by atoms with Gasteiger partial charge in [0, 0.05) is 25.7 Å². The minimum absolute atomic E-state index is 0.0891. The Balaban J connectivity index is 1.44. The van der Waals surface area contributed by atoms with E-state index in [-0.39, 0.29) is 11.9 Å². The van der Waals surface area contributed by atoms with Gasteiger partial charge in [0.1, 0.15) is 4.21 Å². The molecule has 4 heterocycles. The molecule has 1 N–H and O–H groups in total. The summed E-state index contributed by atoms with van der Waals surface area (Å²) >= 11 is 1.22. The topological polar surface area (TPSA) is 71.5 Å². The molecule has 2 saturated heterocycles. The van der Waals surface area contributed by atoms with Gasteiger partial charge >= 0.3 is 0 Å². The van der Waals surface area contributed by atoms with Crippen molar-refractivity contribution < 1.29 is 17.5 Å². The summed E-state index contributed by atoms with van der Waals surface area (Å²) in [5, 5.41) is 4.82. The van der Waals surface area contributed by atoms with Crippen molar-refractivity contribution in [3.05, 3.63) is 41.7 Å². The standard InChI is InChI=1S/C16H18FN3O3S2/c17-13-3-1-6-18-15(13)19-12-9-16(23-10-12)5-7-20(11-16)25(21,22)14-4-2-8-24-14/h1-4,6,8,12H,5,7,9-11H2,(H,18,19)/t12-,16-/m0/s1. The van der Waals surface area contributed by atoms with Gasteiger partial charge in [-0.2, -0.15) is 4.31 Å². The van der Waals surface area contributed by atoms with Crippen molar-refractivity contribution >= 4 is 27.2 Å². The molecule has 2 aliphatic rings. The summed E-state index contributed by atoms with van der Waals surface area (Å²) in [7, 11) is -3.46. The Bertz CT molecular complexity index is 859. The molecule has 0 aromatic carbocycles. The summed E-state index contributed by atoms with van der Waals surface area (Å²) in [5.41, 5.74) is -0.507. The fraction of sp³-hybridized carbons (Fsp3) is 0.438. The number of hydrogen-bond acceptors (Lipinski definition) is 6. The Morgan fingerprint density at radius 3 is 3.04 bits per heavy atom. The van der Waals surface area contributed by atoms with Gasteiger partial charge < -0.3 is 10.1 Å². The summed E-state index contributed by atoms with van der Waals surface area (Å²) in [4.78, 5) is 4.00. The normalized spacial score (nSPS) is 27.2. The molecule has 2 atom stereocenters. The Kier molecular flexibility index (Phi) is 4.27. The summed E-state index contributed by atoms with van der Waals surface area (Å²) in [5.74, 6) is -0.203. The highest BCUT2D eigenvalue weighted by Gasteiger charge is 2.49. The zero-order chi connectivity index (χ0) is 17.5. The summed E-state index contributed by atoms with van der Waals surface area (Å²) in [6.07, 6.45) is 2.79. The molecule has 9 heteroatoms. The molecule has 4 rings (SSSR count). The lowest BCUT2D eigenvalue weighted by molar-refractivity contribution is 0.0173. The molecule has 0 saturated carbocycles. The van der Waals surface area contributed by atoms with Crippen molar-refractivity contribution in [1.29, 1.82) is 0 Å². The van der Waals surface area contributed by atoms with E-state index in [2.05, 4.69) is 10.3 Å². The number of hydrogen-bond donors (Lipinski definition) is 1. The third kappa shape index (κ3) is 3.17. The van der Waals surface area contributed by atoms with Crippen LogP contribution in [-0.2, 0) is 14.8 Å². The van der Waals surface area contributed by atoms with Gasteiger partial charge in [0.2, 0.25) is 0 Å². The second-order valence-electron chi connectivity index (χ2n) is 6.39. The number of pyridine rings is 1. The van der Waals surface area contributed by atoms with E-state index in [4.69, 9.17) is 4.74 Å². The molecule has 0 aliphatic carbocycles. The number of nitrogens with one attached hydrogen (secondary N) is 1. The lowest BCUT2D eigenvalue weighted by Gasteiger charge is -2.23. The van der Waals surface area contributed by atoms with Crippen molar-refractivity contribution in [2.45, 2.75) is 28.7 Å². The van der Waals surface area contributed by atoms with Crippen molar-refractivity contribution in [2.24, 2.45) is 0 Å². The molecular weight excluding hydrogens is 365 g/mol. The van der Waals surface area contributed by atoms with Crippen molar-refractivity contribution in [2.75, 3.05) is 25.0 Å². The molecule has 25 heavy (non-hydrogen) atoms. The van der Waals surface area contributed by atoms with E-state index >= 15 is 0 Å². The molecule has 2 aromatic heterocycles. The number of sulfonamides is 1. The van der Waals surface area contributed by atoms with Crippen LogP contribution in [0.1, 0.15) is 12.8 Å². The van der Waals surface area contributed by atoms with Gasteiger partial charge in [0.15, 0.2) is 11.6 Å². The Morgan fingerprint density at radius 1 is 1.40 bits per heavy atom. The highest BCUT2D eigenvalue weighted by Crippen LogP contribution is 2.38. The van der Waals surface area contributed by atoms with E-state index in [9.17, 15) is 12.8 Å². The number of aromatic nitrogens is 1. The predicted octanol–water partition coefficient (Wildman–Crippen LogP) is 2.32. The summed E-state index contributed by atoms with van der Waals surface area (Å²) < 4.78 is 46.8. The molecule has 6 nitrogen and oxygen atoms in total. The van der Waals surface area contributed by atoms with Crippen LogP contribution in [0.15, 0.2) is 40.1 Å². The monoisotopic (exact) mass is 383 g/mol. The lowest BCUT2D eigenvalue weighted by Crippen LogP contribution is -2.36. The number of nitrogens with zero attached hydrogens (tertiary/aromatic N) is 2. The quantitative estimate of drug-likeness (QED) is 0.877. The molecule has 0 radical (unpaired) electrons. The third-order valence-corrected chi connectivity index (χ3v) is 7.90. The van der Waals surface area contributed by atoms with E-state index < -0.39 is 21.4 Å². The minimum atomic E-state index is -3.46. The Labute approximate surface area is 149 Å². The average Bonchev–Trinajstić information content (AvgIpc) is 3.33. The van der Waals surface area contributed by atoms with Gasteiger partial charge in [-0.05, 0) is 30.0 Å². The zero-order valence-corrected chi connectivity index (χ0v) is 15.0.